The van der Waals surface area contributed by atoms with Crippen LogP contribution in [0.3, 0.4) is 0 Å². The van der Waals surface area contributed by atoms with Gasteiger partial charge in [-0.3, -0.25) is 4.79 Å². The van der Waals surface area contributed by atoms with Gasteiger partial charge < -0.3 is 0 Å². The van der Waals surface area contributed by atoms with E-state index in [4.69, 9.17) is 11.6 Å². The molecule has 0 unspecified atom stereocenters. The monoisotopic (exact) mass is 330 g/mol. The first kappa shape index (κ1) is 13.2. The van der Waals surface area contributed by atoms with Gasteiger partial charge in [-0.05, 0) is 30.3 Å². The number of carbonyl (C=O) groups is 1. The summed E-state index contributed by atoms with van der Waals surface area (Å²) in [5.41, 5.74) is -0.549. The zero-order valence-electron chi connectivity index (χ0n) is 8.88. The number of carbonyl (C=O) groups excluding carboxylic acids is 1. The molecular weight excluding hydrogens is 325 g/mol. The topological polar surface area (TPSA) is 17.1 Å². The maximum Gasteiger partial charge on any atom is 0.200 e. The van der Waals surface area contributed by atoms with Crippen LogP contribution in [0.25, 0.3) is 0 Å². The molecule has 0 N–H and O–H groups in total. The van der Waals surface area contributed by atoms with E-state index in [1.54, 1.807) is 6.07 Å². The van der Waals surface area contributed by atoms with Gasteiger partial charge in [0, 0.05) is 10.0 Å². The molecule has 0 aliphatic rings. The molecule has 2 aromatic rings. The second kappa shape index (κ2) is 5.16. The molecule has 0 heterocycles. The Morgan fingerprint density at radius 3 is 2.33 bits per heavy atom. The van der Waals surface area contributed by atoms with Gasteiger partial charge in [-0.15, -0.1) is 0 Å². The fraction of sp³-hybridized carbons (Fsp3) is 0. The summed E-state index contributed by atoms with van der Waals surface area (Å²) in [6.07, 6.45) is 0. The Morgan fingerprint density at radius 2 is 1.72 bits per heavy atom. The molecule has 0 aliphatic heterocycles. The zero-order valence-corrected chi connectivity index (χ0v) is 11.2. The summed E-state index contributed by atoms with van der Waals surface area (Å²) < 4.78 is 27.6. The average molecular weight is 332 g/mol. The second-order valence-corrected chi connectivity index (χ2v) is 4.87. The van der Waals surface area contributed by atoms with Gasteiger partial charge in [0.1, 0.15) is 11.6 Å². The van der Waals surface area contributed by atoms with E-state index in [9.17, 15) is 13.6 Å². The molecule has 5 heteroatoms. The van der Waals surface area contributed by atoms with E-state index >= 15 is 0 Å². The minimum atomic E-state index is -0.906. The number of hydrogen-bond acceptors (Lipinski definition) is 1. The van der Waals surface area contributed by atoms with Gasteiger partial charge in [-0.1, -0.05) is 33.6 Å². The Hall–Kier alpha value is -1.26. The first-order valence-corrected chi connectivity index (χ1v) is 6.11. The first-order valence-electron chi connectivity index (χ1n) is 4.94. The van der Waals surface area contributed by atoms with Crippen molar-refractivity contribution < 1.29 is 13.6 Å². The highest BCUT2D eigenvalue weighted by atomic mass is 79.9. The van der Waals surface area contributed by atoms with E-state index < -0.39 is 23.0 Å². The molecule has 0 spiro atoms. The lowest BCUT2D eigenvalue weighted by Gasteiger charge is -2.06. The van der Waals surface area contributed by atoms with Crippen molar-refractivity contribution in [1.82, 2.24) is 0 Å². The van der Waals surface area contributed by atoms with Gasteiger partial charge in [-0.25, -0.2) is 8.78 Å². The van der Waals surface area contributed by atoms with Crippen molar-refractivity contribution in [1.29, 1.82) is 0 Å². The lowest BCUT2D eigenvalue weighted by molar-refractivity contribution is 0.103. The van der Waals surface area contributed by atoms with Crippen LogP contribution in [0.1, 0.15) is 15.9 Å². The molecule has 0 saturated heterocycles. The summed E-state index contributed by atoms with van der Waals surface area (Å²) in [5, 5.41) is 0.144. The summed E-state index contributed by atoms with van der Waals surface area (Å²) in [6.45, 7) is 0. The number of rotatable bonds is 2. The third kappa shape index (κ3) is 2.44. The first-order chi connectivity index (χ1) is 8.50. The van der Waals surface area contributed by atoms with Crippen LogP contribution in [0.15, 0.2) is 40.9 Å². The van der Waals surface area contributed by atoms with Gasteiger partial charge in [0.15, 0.2) is 5.78 Å². The largest absolute Gasteiger partial charge is 0.288 e. The minimum Gasteiger partial charge on any atom is -0.288 e. The van der Waals surface area contributed by atoms with E-state index in [0.717, 1.165) is 12.1 Å². The van der Waals surface area contributed by atoms with E-state index in [-0.39, 0.29) is 10.6 Å². The minimum absolute atomic E-state index is 0.0510. The highest BCUT2D eigenvalue weighted by molar-refractivity contribution is 9.10. The summed E-state index contributed by atoms with van der Waals surface area (Å²) in [6, 6.07) is 7.80. The maximum atomic E-state index is 13.5. The molecule has 92 valence electrons. The highest BCUT2D eigenvalue weighted by Crippen LogP contribution is 2.25. The van der Waals surface area contributed by atoms with Gasteiger partial charge in [0.2, 0.25) is 0 Å². The fourth-order valence-corrected chi connectivity index (χ4v) is 2.09. The van der Waals surface area contributed by atoms with Crippen molar-refractivity contribution in [3.63, 3.8) is 0 Å². The van der Waals surface area contributed by atoms with Crippen molar-refractivity contribution in [3.05, 3.63) is 68.7 Å². The van der Waals surface area contributed by atoms with E-state index in [2.05, 4.69) is 15.9 Å². The average Bonchev–Trinajstić information content (AvgIpc) is 2.32. The SMILES string of the molecule is O=C(c1cc(Br)ccc1Cl)c1c(F)cccc1F. The predicted octanol–water partition coefficient (Wildman–Crippen LogP) is 4.61. The van der Waals surface area contributed by atoms with Crippen LogP contribution in [-0.4, -0.2) is 5.78 Å². The molecule has 2 aromatic carbocycles. The molecule has 0 aromatic heterocycles. The lowest BCUT2D eigenvalue weighted by Crippen LogP contribution is -2.08. The summed E-state index contributed by atoms with van der Waals surface area (Å²) in [5.74, 6) is -2.59. The number of benzene rings is 2. The van der Waals surface area contributed by atoms with Crippen LogP contribution < -0.4 is 0 Å². The van der Waals surface area contributed by atoms with Gasteiger partial charge in [0.05, 0.1) is 10.6 Å². The molecule has 0 atom stereocenters. The molecule has 0 amide bonds. The van der Waals surface area contributed by atoms with E-state index in [1.165, 1.54) is 18.2 Å². The molecule has 18 heavy (non-hydrogen) atoms. The normalized spacial score (nSPS) is 10.4. The fourth-order valence-electron chi connectivity index (χ4n) is 1.52. The highest BCUT2D eigenvalue weighted by Gasteiger charge is 2.20. The third-order valence-corrected chi connectivity index (χ3v) is 3.19. The molecule has 0 fully saturated rings. The summed E-state index contributed by atoms with van der Waals surface area (Å²) in [7, 11) is 0. The van der Waals surface area contributed by atoms with E-state index in [0.29, 0.717) is 4.47 Å². The Balaban J connectivity index is 2.58. The lowest BCUT2D eigenvalue weighted by atomic mass is 10.0. The van der Waals surface area contributed by atoms with Crippen LogP contribution in [0, 0.1) is 11.6 Å². The predicted molar refractivity (Wildman–Crippen MR) is 68.9 cm³/mol. The smallest absolute Gasteiger partial charge is 0.200 e. The van der Waals surface area contributed by atoms with Crippen molar-refractivity contribution in [3.8, 4) is 0 Å². The number of hydrogen-bond donors (Lipinski definition) is 0. The summed E-state index contributed by atoms with van der Waals surface area (Å²) >= 11 is 9.03. The second-order valence-electron chi connectivity index (χ2n) is 3.55. The molecule has 1 nitrogen and oxygen atoms in total. The zero-order chi connectivity index (χ0) is 13.3. The van der Waals surface area contributed by atoms with Crippen molar-refractivity contribution in [2.24, 2.45) is 0 Å². The summed E-state index contributed by atoms with van der Waals surface area (Å²) in [4.78, 5) is 12.1. The van der Waals surface area contributed by atoms with Crippen molar-refractivity contribution >= 4 is 33.3 Å². The molecule has 0 aliphatic carbocycles. The van der Waals surface area contributed by atoms with Crippen molar-refractivity contribution in [2.75, 3.05) is 0 Å². The number of ketones is 1. The maximum absolute atomic E-state index is 13.5. The van der Waals surface area contributed by atoms with E-state index in [1.807, 2.05) is 0 Å². The van der Waals surface area contributed by atoms with Gasteiger partial charge in [0.25, 0.3) is 0 Å². The van der Waals surface area contributed by atoms with Crippen LogP contribution in [0.5, 0.6) is 0 Å². The Labute approximate surface area is 116 Å². The molecule has 0 saturated carbocycles. The van der Waals surface area contributed by atoms with Crippen LogP contribution in [-0.2, 0) is 0 Å². The van der Waals surface area contributed by atoms with Crippen LogP contribution in [0.2, 0.25) is 5.02 Å². The molecule has 0 radical (unpaired) electrons. The van der Waals surface area contributed by atoms with Crippen molar-refractivity contribution in [2.45, 2.75) is 0 Å². The van der Waals surface area contributed by atoms with Gasteiger partial charge >= 0.3 is 0 Å². The van der Waals surface area contributed by atoms with Crippen LogP contribution in [0.4, 0.5) is 8.78 Å². The molecule has 2 rings (SSSR count). The molecular formula is C13H6BrClF2O. The Morgan fingerprint density at radius 1 is 1.11 bits per heavy atom. The van der Waals surface area contributed by atoms with Crippen LogP contribution >= 0.6 is 27.5 Å². The van der Waals surface area contributed by atoms with Gasteiger partial charge in [-0.2, -0.15) is 0 Å². The quantitative estimate of drug-likeness (QED) is 0.734. The standard InChI is InChI=1S/C13H6BrClF2O/c14-7-4-5-9(15)8(6-7)13(18)12-10(16)2-1-3-11(12)17/h1-6H. The number of halogens is 4. The Bertz CT molecular complexity index is 608. The Kier molecular flexibility index (Phi) is 3.78. The molecule has 0 bridgehead atoms. The third-order valence-electron chi connectivity index (χ3n) is 2.36.